The fourth-order valence-corrected chi connectivity index (χ4v) is 4.66. The van der Waals surface area contributed by atoms with Gasteiger partial charge in [0.05, 0.1) is 5.92 Å². The summed E-state index contributed by atoms with van der Waals surface area (Å²) in [7, 11) is 1.83. The third-order valence-electron chi connectivity index (χ3n) is 6.59. The van der Waals surface area contributed by atoms with E-state index in [0.717, 1.165) is 70.9 Å². The zero-order chi connectivity index (χ0) is 22.2. The van der Waals surface area contributed by atoms with Crippen molar-refractivity contribution in [3.63, 3.8) is 0 Å². The Morgan fingerprint density at radius 1 is 1.19 bits per heavy atom. The molecule has 0 radical (unpaired) electrons. The van der Waals surface area contributed by atoms with E-state index in [1.807, 2.05) is 7.05 Å². The molecule has 0 bridgehead atoms. The van der Waals surface area contributed by atoms with E-state index in [4.69, 9.17) is 5.73 Å². The lowest BCUT2D eigenvalue weighted by atomic mass is 9.97. The van der Waals surface area contributed by atoms with Gasteiger partial charge in [-0.05, 0) is 57.2 Å². The molecular formula is C24H41IN6O. The molecule has 4 N–H and O–H groups in total. The molecule has 3 rings (SSSR count). The molecular weight excluding hydrogens is 515 g/mol. The van der Waals surface area contributed by atoms with Crippen LogP contribution in [0.1, 0.15) is 50.7 Å². The highest BCUT2D eigenvalue weighted by Crippen LogP contribution is 2.19. The van der Waals surface area contributed by atoms with E-state index in [9.17, 15) is 4.79 Å². The highest BCUT2D eigenvalue weighted by atomic mass is 127. The molecule has 1 amide bonds. The van der Waals surface area contributed by atoms with Gasteiger partial charge in [-0.25, -0.2) is 0 Å². The van der Waals surface area contributed by atoms with Crippen molar-refractivity contribution in [2.24, 2.45) is 16.6 Å². The number of rotatable bonds is 7. The number of nitrogens with one attached hydrogen (secondary N) is 2. The third kappa shape index (κ3) is 8.19. The monoisotopic (exact) mass is 556 g/mol. The van der Waals surface area contributed by atoms with Gasteiger partial charge >= 0.3 is 0 Å². The van der Waals surface area contributed by atoms with Crippen molar-refractivity contribution in [3.8, 4) is 0 Å². The van der Waals surface area contributed by atoms with Crippen molar-refractivity contribution in [1.82, 2.24) is 20.4 Å². The maximum absolute atomic E-state index is 11.5. The van der Waals surface area contributed by atoms with Gasteiger partial charge in [0.25, 0.3) is 0 Å². The standard InChI is InChI=1S/C24H40N6O.HI/c1-18(2)30-12-9-22(10-13-30)28-24(26-3)27-15-19-6-4-7-20(14-19)16-29-11-5-8-21(17-29)23(25)31;/h4,6-7,14,18,21-22H,5,8-13,15-17H2,1-3H3,(H2,25,31)(H2,26,27,28);1H. The van der Waals surface area contributed by atoms with Crippen LogP contribution in [0.2, 0.25) is 0 Å². The van der Waals surface area contributed by atoms with Crippen molar-refractivity contribution in [1.29, 1.82) is 0 Å². The smallest absolute Gasteiger partial charge is 0.221 e. The Morgan fingerprint density at radius 2 is 1.91 bits per heavy atom. The van der Waals surface area contributed by atoms with E-state index in [1.165, 1.54) is 11.1 Å². The Hall–Kier alpha value is -1.39. The van der Waals surface area contributed by atoms with Crippen LogP contribution >= 0.6 is 24.0 Å². The Morgan fingerprint density at radius 3 is 2.56 bits per heavy atom. The molecule has 2 saturated heterocycles. The van der Waals surface area contributed by atoms with E-state index in [2.05, 4.69) is 63.5 Å². The number of benzene rings is 1. The Labute approximate surface area is 210 Å². The van der Waals surface area contributed by atoms with Crippen LogP contribution in [-0.4, -0.2) is 67.0 Å². The summed E-state index contributed by atoms with van der Waals surface area (Å²) >= 11 is 0. The van der Waals surface area contributed by atoms with Crippen LogP contribution in [0.3, 0.4) is 0 Å². The number of halogens is 1. The van der Waals surface area contributed by atoms with Gasteiger partial charge in [0, 0.05) is 51.9 Å². The first-order chi connectivity index (χ1) is 14.9. The SMILES string of the molecule is CN=C(NCc1cccc(CN2CCCC(C(N)=O)C2)c1)NC1CCN(C(C)C)CC1.I. The number of hydrogen-bond acceptors (Lipinski definition) is 4. The predicted molar refractivity (Wildman–Crippen MR) is 142 cm³/mol. The molecule has 1 unspecified atom stereocenters. The first-order valence-corrected chi connectivity index (χ1v) is 11.8. The minimum Gasteiger partial charge on any atom is -0.369 e. The van der Waals surface area contributed by atoms with E-state index >= 15 is 0 Å². The van der Waals surface area contributed by atoms with Gasteiger partial charge < -0.3 is 21.3 Å². The minimum absolute atomic E-state index is 0. The largest absolute Gasteiger partial charge is 0.369 e. The van der Waals surface area contributed by atoms with Crippen molar-refractivity contribution in [3.05, 3.63) is 35.4 Å². The van der Waals surface area contributed by atoms with Crippen LogP contribution in [0.15, 0.2) is 29.3 Å². The molecule has 0 aliphatic carbocycles. The molecule has 2 fully saturated rings. The third-order valence-corrected chi connectivity index (χ3v) is 6.59. The lowest BCUT2D eigenvalue weighted by Gasteiger charge is -2.35. The molecule has 0 aromatic heterocycles. The highest BCUT2D eigenvalue weighted by molar-refractivity contribution is 14.0. The average molecular weight is 557 g/mol. The summed E-state index contributed by atoms with van der Waals surface area (Å²) in [5, 5.41) is 7.06. The number of carbonyl (C=O) groups excluding carboxylic acids is 1. The molecule has 1 aromatic carbocycles. The average Bonchev–Trinajstić information content (AvgIpc) is 2.77. The Bertz CT molecular complexity index is 748. The highest BCUT2D eigenvalue weighted by Gasteiger charge is 2.24. The molecule has 1 aromatic rings. The number of carbonyl (C=O) groups is 1. The zero-order valence-electron chi connectivity index (χ0n) is 19.8. The fraction of sp³-hybridized carbons (Fsp3) is 0.667. The number of guanidine groups is 1. The molecule has 0 saturated carbocycles. The normalized spacial score (nSPS) is 21.2. The second kappa shape index (κ2) is 13.3. The van der Waals surface area contributed by atoms with Crippen LogP contribution in [0.4, 0.5) is 0 Å². The van der Waals surface area contributed by atoms with Crippen molar-refractivity contribution < 1.29 is 4.79 Å². The van der Waals surface area contributed by atoms with Crippen LogP contribution in [0, 0.1) is 5.92 Å². The van der Waals surface area contributed by atoms with Gasteiger partial charge in [-0.3, -0.25) is 14.7 Å². The van der Waals surface area contributed by atoms with E-state index in [1.54, 1.807) is 0 Å². The molecule has 2 heterocycles. The Kier molecular flexibility index (Phi) is 11.2. The molecule has 2 aliphatic rings. The number of likely N-dealkylation sites (tertiary alicyclic amines) is 2. The van der Waals surface area contributed by atoms with Crippen LogP contribution in [0.5, 0.6) is 0 Å². The van der Waals surface area contributed by atoms with Gasteiger partial charge in [0.2, 0.25) is 5.91 Å². The summed E-state index contributed by atoms with van der Waals surface area (Å²) in [5.74, 6) is 0.686. The predicted octanol–water partition coefficient (Wildman–Crippen LogP) is 2.54. The first kappa shape index (κ1) is 26.9. The lowest BCUT2D eigenvalue weighted by Crippen LogP contribution is -2.49. The first-order valence-electron chi connectivity index (χ1n) is 11.8. The maximum atomic E-state index is 11.5. The van der Waals surface area contributed by atoms with Crippen molar-refractivity contribution in [2.45, 2.75) is 64.7 Å². The summed E-state index contributed by atoms with van der Waals surface area (Å²) < 4.78 is 0. The molecule has 2 aliphatic heterocycles. The zero-order valence-corrected chi connectivity index (χ0v) is 22.2. The number of hydrogen-bond donors (Lipinski definition) is 3. The second-order valence-electron chi connectivity index (χ2n) is 9.27. The summed E-state index contributed by atoms with van der Waals surface area (Å²) in [5.41, 5.74) is 8.03. The van der Waals surface area contributed by atoms with Crippen molar-refractivity contribution in [2.75, 3.05) is 33.2 Å². The van der Waals surface area contributed by atoms with Gasteiger partial charge in [-0.1, -0.05) is 24.3 Å². The maximum Gasteiger partial charge on any atom is 0.221 e. The molecule has 7 nitrogen and oxygen atoms in total. The van der Waals surface area contributed by atoms with Crippen LogP contribution in [0.25, 0.3) is 0 Å². The molecule has 8 heteroatoms. The lowest BCUT2D eigenvalue weighted by molar-refractivity contribution is -0.123. The number of amides is 1. The second-order valence-corrected chi connectivity index (χ2v) is 9.27. The Balaban J connectivity index is 0.00000363. The van der Waals surface area contributed by atoms with Crippen LogP contribution in [-0.2, 0) is 17.9 Å². The van der Waals surface area contributed by atoms with Gasteiger partial charge in [0.1, 0.15) is 0 Å². The van der Waals surface area contributed by atoms with Gasteiger partial charge in [0.15, 0.2) is 5.96 Å². The fourth-order valence-electron chi connectivity index (χ4n) is 4.66. The quantitative estimate of drug-likeness (QED) is 0.273. The number of piperidine rings is 2. The summed E-state index contributed by atoms with van der Waals surface area (Å²) in [6.07, 6.45) is 4.25. The number of aliphatic imine (C=N–C) groups is 1. The van der Waals surface area contributed by atoms with E-state index in [0.29, 0.717) is 12.1 Å². The van der Waals surface area contributed by atoms with Crippen LogP contribution < -0.4 is 16.4 Å². The van der Waals surface area contributed by atoms with E-state index in [-0.39, 0.29) is 35.8 Å². The topological polar surface area (TPSA) is 86.0 Å². The van der Waals surface area contributed by atoms with Gasteiger partial charge in [-0.2, -0.15) is 0 Å². The summed E-state index contributed by atoms with van der Waals surface area (Å²) in [6, 6.07) is 9.76. The van der Waals surface area contributed by atoms with Gasteiger partial charge in [-0.15, -0.1) is 24.0 Å². The molecule has 0 spiro atoms. The summed E-state index contributed by atoms with van der Waals surface area (Å²) in [4.78, 5) is 20.8. The minimum atomic E-state index is -0.170. The number of nitrogens with two attached hydrogens (primary N) is 1. The number of nitrogens with zero attached hydrogens (tertiary/aromatic N) is 3. The molecule has 32 heavy (non-hydrogen) atoms. The number of primary amides is 1. The molecule has 180 valence electrons. The van der Waals surface area contributed by atoms with E-state index < -0.39 is 0 Å². The van der Waals surface area contributed by atoms with Crippen molar-refractivity contribution >= 4 is 35.8 Å². The summed E-state index contributed by atoms with van der Waals surface area (Å²) in [6.45, 7) is 10.2. The molecule has 1 atom stereocenters.